The Hall–Kier alpha value is -0.800. The van der Waals surface area contributed by atoms with E-state index in [9.17, 15) is 0 Å². The molecule has 1 unspecified atom stereocenters. The largest absolute Gasteiger partial charge is 0.354 e. The fourth-order valence-electron chi connectivity index (χ4n) is 2.78. The number of piperazine rings is 1. The van der Waals surface area contributed by atoms with Crippen LogP contribution in [0, 0.1) is 0 Å². The number of hydrogen-bond acceptors (Lipinski definition) is 3. The Balaban J connectivity index is 2.10. The first-order chi connectivity index (χ1) is 10.0. The third-order valence-corrected chi connectivity index (χ3v) is 4.80. The van der Waals surface area contributed by atoms with Crippen molar-refractivity contribution < 1.29 is 0 Å². The highest BCUT2D eigenvalue weighted by atomic mass is 35.5. The molecule has 0 spiro atoms. The van der Waals surface area contributed by atoms with E-state index in [1.165, 1.54) is 12.0 Å². The highest BCUT2D eigenvalue weighted by Gasteiger charge is 2.21. The SMILES string of the molecule is CCC(C)N1CCN(c2cc(CCl)cc(C(C)C)n2)CC1. The fraction of sp³-hybridized carbons (Fsp3) is 0.706. The van der Waals surface area contributed by atoms with Crippen LogP contribution in [0.1, 0.15) is 51.3 Å². The fourth-order valence-corrected chi connectivity index (χ4v) is 2.93. The number of pyridine rings is 1. The van der Waals surface area contributed by atoms with Crippen LogP contribution in [0.5, 0.6) is 0 Å². The lowest BCUT2D eigenvalue weighted by molar-refractivity contribution is 0.192. The molecule has 2 heterocycles. The number of alkyl halides is 1. The summed E-state index contributed by atoms with van der Waals surface area (Å²) in [7, 11) is 0. The van der Waals surface area contributed by atoms with Crippen molar-refractivity contribution in [2.24, 2.45) is 0 Å². The Morgan fingerprint density at radius 2 is 1.81 bits per heavy atom. The predicted octanol–water partition coefficient (Wildman–Crippen LogP) is 3.86. The van der Waals surface area contributed by atoms with Gasteiger partial charge in [-0.3, -0.25) is 4.90 Å². The van der Waals surface area contributed by atoms with Crippen LogP contribution in [0.15, 0.2) is 12.1 Å². The minimum Gasteiger partial charge on any atom is -0.354 e. The average molecular weight is 310 g/mol. The smallest absolute Gasteiger partial charge is 0.129 e. The van der Waals surface area contributed by atoms with Crippen LogP contribution in [-0.4, -0.2) is 42.1 Å². The molecule has 0 N–H and O–H groups in total. The first kappa shape index (κ1) is 16.6. The van der Waals surface area contributed by atoms with Gasteiger partial charge in [0.05, 0.1) is 0 Å². The van der Waals surface area contributed by atoms with E-state index < -0.39 is 0 Å². The van der Waals surface area contributed by atoms with Crippen LogP contribution in [0.25, 0.3) is 0 Å². The van der Waals surface area contributed by atoms with E-state index in [1.54, 1.807) is 0 Å². The maximum absolute atomic E-state index is 6.04. The topological polar surface area (TPSA) is 19.4 Å². The normalized spacial score (nSPS) is 18.3. The highest BCUT2D eigenvalue weighted by Crippen LogP contribution is 2.23. The molecule has 118 valence electrons. The van der Waals surface area contributed by atoms with E-state index in [-0.39, 0.29) is 0 Å². The molecule has 0 saturated carbocycles. The molecule has 1 aliphatic rings. The van der Waals surface area contributed by atoms with Gasteiger partial charge >= 0.3 is 0 Å². The average Bonchev–Trinajstić information content (AvgIpc) is 2.53. The molecule has 2 rings (SSSR count). The van der Waals surface area contributed by atoms with E-state index in [0.717, 1.165) is 37.7 Å². The second kappa shape index (κ2) is 7.46. The van der Waals surface area contributed by atoms with Crippen LogP contribution < -0.4 is 4.90 Å². The van der Waals surface area contributed by atoms with Crippen molar-refractivity contribution in [3.63, 3.8) is 0 Å². The van der Waals surface area contributed by atoms with Gasteiger partial charge in [-0.1, -0.05) is 20.8 Å². The molecule has 1 aromatic rings. The van der Waals surface area contributed by atoms with Crippen LogP contribution in [0.3, 0.4) is 0 Å². The van der Waals surface area contributed by atoms with Gasteiger partial charge in [-0.25, -0.2) is 4.98 Å². The standard InChI is InChI=1S/C17H28ClN3/c1-5-14(4)20-6-8-21(9-7-20)17-11-15(12-18)10-16(19-17)13(2)3/h10-11,13-14H,5-9,12H2,1-4H3. The zero-order valence-corrected chi connectivity index (χ0v) is 14.5. The zero-order chi connectivity index (χ0) is 15.4. The van der Waals surface area contributed by atoms with E-state index in [1.807, 2.05) is 0 Å². The Bertz CT molecular complexity index is 453. The Kier molecular flexibility index (Phi) is 5.88. The van der Waals surface area contributed by atoms with Crippen LogP contribution in [-0.2, 0) is 5.88 Å². The first-order valence-corrected chi connectivity index (χ1v) is 8.64. The summed E-state index contributed by atoms with van der Waals surface area (Å²) in [6, 6.07) is 4.97. The van der Waals surface area contributed by atoms with Crippen molar-refractivity contribution in [1.29, 1.82) is 0 Å². The molecule has 1 aliphatic heterocycles. The maximum Gasteiger partial charge on any atom is 0.129 e. The van der Waals surface area contributed by atoms with Gasteiger partial charge in [0.1, 0.15) is 5.82 Å². The molecular formula is C17H28ClN3. The zero-order valence-electron chi connectivity index (χ0n) is 13.8. The Labute approximate surface area is 134 Å². The van der Waals surface area contributed by atoms with Crippen molar-refractivity contribution in [2.45, 2.75) is 52.0 Å². The lowest BCUT2D eigenvalue weighted by Crippen LogP contribution is -2.49. The molecule has 3 nitrogen and oxygen atoms in total. The molecule has 1 fully saturated rings. The first-order valence-electron chi connectivity index (χ1n) is 8.11. The van der Waals surface area contributed by atoms with E-state index in [2.05, 4.69) is 49.6 Å². The molecule has 21 heavy (non-hydrogen) atoms. The number of anilines is 1. The van der Waals surface area contributed by atoms with Gasteiger partial charge in [0.15, 0.2) is 0 Å². The summed E-state index contributed by atoms with van der Waals surface area (Å²) >= 11 is 6.04. The predicted molar refractivity (Wildman–Crippen MR) is 91.4 cm³/mol. The number of halogens is 1. The van der Waals surface area contributed by atoms with Crippen LogP contribution in [0.2, 0.25) is 0 Å². The molecular weight excluding hydrogens is 282 g/mol. The summed E-state index contributed by atoms with van der Waals surface area (Å²) in [4.78, 5) is 9.82. The van der Waals surface area contributed by atoms with Gasteiger partial charge < -0.3 is 4.90 Å². The number of nitrogens with zero attached hydrogens (tertiary/aromatic N) is 3. The third-order valence-electron chi connectivity index (χ3n) is 4.49. The minimum absolute atomic E-state index is 0.438. The summed E-state index contributed by atoms with van der Waals surface area (Å²) in [5.41, 5.74) is 2.32. The number of hydrogen-bond donors (Lipinski definition) is 0. The molecule has 0 bridgehead atoms. The monoisotopic (exact) mass is 309 g/mol. The minimum atomic E-state index is 0.438. The second-order valence-electron chi connectivity index (χ2n) is 6.33. The molecule has 0 amide bonds. The van der Waals surface area contributed by atoms with Crippen molar-refractivity contribution in [1.82, 2.24) is 9.88 Å². The third kappa shape index (κ3) is 4.10. The summed E-state index contributed by atoms with van der Waals surface area (Å²) in [6.45, 7) is 13.3. The van der Waals surface area contributed by atoms with Crippen molar-refractivity contribution >= 4 is 17.4 Å². The quantitative estimate of drug-likeness (QED) is 0.770. The highest BCUT2D eigenvalue weighted by molar-refractivity contribution is 6.17. The van der Waals surface area contributed by atoms with Gasteiger partial charge in [0.25, 0.3) is 0 Å². The lowest BCUT2D eigenvalue weighted by Gasteiger charge is -2.38. The van der Waals surface area contributed by atoms with Gasteiger partial charge in [-0.2, -0.15) is 0 Å². The van der Waals surface area contributed by atoms with Crippen molar-refractivity contribution in [2.75, 3.05) is 31.1 Å². The second-order valence-corrected chi connectivity index (χ2v) is 6.59. The van der Waals surface area contributed by atoms with Gasteiger partial charge in [-0.15, -0.1) is 11.6 Å². The number of rotatable bonds is 5. The number of aromatic nitrogens is 1. The molecule has 0 aliphatic carbocycles. The lowest BCUT2D eigenvalue weighted by atomic mass is 10.1. The van der Waals surface area contributed by atoms with Crippen LogP contribution in [0.4, 0.5) is 5.82 Å². The summed E-state index contributed by atoms with van der Waals surface area (Å²) in [5.74, 6) is 2.09. The Morgan fingerprint density at radius 3 is 2.33 bits per heavy atom. The molecule has 1 aromatic heterocycles. The van der Waals surface area contributed by atoms with Crippen molar-refractivity contribution in [3.8, 4) is 0 Å². The molecule has 1 atom stereocenters. The summed E-state index contributed by atoms with van der Waals surface area (Å²) < 4.78 is 0. The molecule has 1 saturated heterocycles. The van der Waals surface area contributed by atoms with Gasteiger partial charge in [0, 0.05) is 43.8 Å². The molecule has 4 heteroatoms. The van der Waals surface area contributed by atoms with Gasteiger partial charge in [0.2, 0.25) is 0 Å². The van der Waals surface area contributed by atoms with Crippen LogP contribution >= 0.6 is 11.6 Å². The summed E-state index contributed by atoms with van der Waals surface area (Å²) in [6.07, 6.45) is 1.22. The van der Waals surface area contributed by atoms with E-state index in [0.29, 0.717) is 17.8 Å². The van der Waals surface area contributed by atoms with E-state index >= 15 is 0 Å². The van der Waals surface area contributed by atoms with E-state index in [4.69, 9.17) is 16.6 Å². The maximum atomic E-state index is 6.04. The summed E-state index contributed by atoms with van der Waals surface area (Å²) in [5, 5.41) is 0. The Morgan fingerprint density at radius 1 is 1.14 bits per heavy atom. The molecule has 0 radical (unpaired) electrons. The molecule has 0 aromatic carbocycles. The van der Waals surface area contributed by atoms with Crippen molar-refractivity contribution in [3.05, 3.63) is 23.4 Å². The van der Waals surface area contributed by atoms with Gasteiger partial charge in [-0.05, 0) is 37.0 Å².